The van der Waals surface area contributed by atoms with Crippen LogP contribution < -0.4 is 16.0 Å². The molecule has 1 amide bonds. The van der Waals surface area contributed by atoms with E-state index in [1.807, 2.05) is 32.0 Å². The molecule has 0 radical (unpaired) electrons. The van der Waals surface area contributed by atoms with Crippen molar-refractivity contribution < 1.29 is 19.1 Å². The molecular weight excluding hydrogens is 454 g/mol. The Morgan fingerprint density at radius 2 is 1.91 bits per heavy atom. The molecule has 34 heavy (non-hydrogen) atoms. The number of esters is 1. The summed E-state index contributed by atoms with van der Waals surface area (Å²) in [4.78, 5) is 42.5. The minimum absolute atomic E-state index is 0.0650. The molecule has 0 bridgehead atoms. The summed E-state index contributed by atoms with van der Waals surface area (Å²) < 4.78 is 5.14. The molecule has 0 aromatic heterocycles. The van der Waals surface area contributed by atoms with Crippen molar-refractivity contribution in [3.8, 4) is 0 Å². The highest BCUT2D eigenvalue weighted by molar-refractivity contribution is 6.31. The number of hydrogen-bond acceptors (Lipinski definition) is 6. The Morgan fingerprint density at radius 3 is 2.62 bits per heavy atom. The minimum atomic E-state index is -1.74. The number of hydrogen-bond donors (Lipinski definition) is 2. The number of nitrogens with one attached hydrogen (secondary N) is 1. The first-order chi connectivity index (χ1) is 16.2. The van der Waals surface area contributed by atoms with Crippen molar-refractivity contribution in [2.24, 2.45) is 5.73 Å². The van der Waals surface area contributed by atoms with E-state index in [1.54, 1.807) is 23.1 Å². The third-order valence-electron chi connectivity index (χ3n) is 6.86. The van der Waals surface area contributed by atoms with Crippen LogP contribution in [-0.2, 0) is 24.5 Å². The molecule has 7 nitrogen and oxygen atoms in total. The van der Waals surface area contributed by atoms with Crippen LogP contribution in [0.3, 0.4) is 0 Å². The first-order valence-electron chi connectivity index (χ1n) is 11.1. The van der Waals surface area contributed by atoms with Crippen molar-refractivity contribution in [3.63, 3.8) is 0 Å². The fourth-order valence-corrected chi connectivity index (χ4v) is 5.68. The molecule has 1 spiro atoms. The predicted molar refractivity (Wildman–Crippen MR) is 129 cm³/mol. The molecule has 5 rings (SSSR count). The number of carbonyl (C=O) groups is 3. The number of ether oxygens (including phenoxy) is 1. The number of nitrogens with zero attached hydrogens (tertiary/aromatic N) is 1. The van der Waals surface area contributed by atoms with E-state index in [-0.39, 0.29) is 29.2 Å². The number of nitrogens with two attached hydrogens (primary N) is 1. The van der Waals surface area contributed by atoms with Gasteiger partial charge in [0.1, 0.15) is 16.8 Å². The lowest BCUT2D eigenvalue weighted by Gasteiger charge is -2.44. The Labute approximate surface area is 202 Å². The standard InChI is InChI=1S/C26H24ClN3O4/c1-13-7-10-18(14(2)11-13)30-19-5-4-6-20(31)21(19)26(22(23(30)28)24(32)34-3)16-12-15(27)8-9-17(16)29-25(26)33/h7-12H,4-6,28H2,1-3H3,(H,29,33). The lowest BCUT2D eigenvalue weighted by molar-refractivity contribution is -0.138. The summed E-state index contributed by atoms with van der Waals surface area (Å²) in [6.45, 7) is 3.93. The average Bonchev–Trinajstić information content (AvgIpc) is 3.06. The van der Waals surface area contributed by atoms with E-state index in [4.69, 9.17) is 22.1 Å². The molecule has 0 fully saturated rings. The predicted octanol–water partition coefficient (Wildman–Crippen LogP) is 4.02. The van der Waals surface area contributed by atoms with E-state index in [9.17, 15) is 14.4 Å². The number of aryl methyl sites for hydroxylation is 2. The van der Waals surface area contributed by atoms with Gasteiger partial charge in [-0.3, -0.25) is 14.5 Å². The lowest BCUT2D eigenvalue weighted by Crippen LogP contribution is -2.53. The maximum Gasteiger partial charge on any atom is 0.339 e. The van der Waals surface area contributed by atoms with E-state index in [0.717, 1.165) is 16.8 Å². The zero-order valence-electron chi connectivity index (χ0n) is 19.1. The molecule has 2 aliphatic heterocycles. The summed E-state index contributed by atoms with van der Waals surface area (Å²) in [6.07, 6.45) is 1.40. The largest absolute Gasteiger partial charge is 0.466 e. The van der Waals surface area contributed by atoms with Gasteiger partial charge in [0, 0.05) is 34.0 Å². The van der Waals surface area contributed by atoms with Crippen molar-refractivity contribution in [1.82, 2.24) is 0 Å². The van der Waals surface area contributed by atoms with E-state index >= 15 is 0 Å². The summed E-state index contributed by atoms with van der Waals surface area (Å²) in [7, 11) is 1.23. The van der Waals surface area contributed by atoms with Crippen LogP contribution >= 0.6 is 11.6 Å². The first-order valence-corrected chi connectivity index (χ1v) is 11.4. The number of amides is 1. The van der Waals surface area contributed by atoms with Crippen molar-refractivity contribution in [2.45, 2.75) is 38.5 Å². The van der Waals surface area contributed by atoms with Crippen LogP contribution in [0.5, 0.6) is 0 Å². The Balaban J connectivity index is 1.93. The quantitative estimate of drug-likeness (QED) is 0.633. The van der Waals surface area contributed by atoms with Gasteiger partial charge >= 0.3 is 5.97 Å². The Hall–Kier alpha value is -3.58. The molecule has 1 aliphatic carbocycles. The molecule has 8 heteroatoms. The highest BCUT2D eigenvalue weighted by atomic mass is 35.5. The zero-order valence-corrected chi connectivity index (χ0v) is 19.9. The summed E-state index contributed by atoms with van der Waals surface area (Å²) in [5, 5.41) is 3.22. The van der Waals surface area contributed by atoms with Crippen molar-refractivity contribution >= 4 is 40.6 Å². The number of fused-ring (bicyclic) bond motifs is 3. The van der Waals surface area contributed by atoms with Crippen LogP contribution in [0, 0.1) is 13.8 Å². The van der Waals surface area contributed by atoms with Crippen LogP contribution in [0.15, 0.2) is 59.1 Å². The number of methoxy groups -OCH3 is 1. The topological polar surface area (TPSA) is 102 Å². The summed E-state index contributed by atoms with van der Waals surface area (Å²) in [5.74, 6) is -1.43. The second-order valence-electron chi connectivity index (χ2n) is 8.87. The number of carbonyl (C=O) groups excluding carboxylic acids is 3. The molecule has 1 unspecified atom stereocenters. The Kier molecular flexibility index (Phi) is 5.06. The number of benzene rings is 2. The molecule has 2 aromatic carbocycles. The molecule has 2 aromatic rings. The van der Waals surface area contributed by atoms with Gasteiger partial charge in [-0.1, -0.05) is 29.3 Å². The fraction of sp³-hybridized carbons (Fsp3) is 0.269. The van der Waals surface area contributed by atoms with Crippen molar-refractivity contribution in [3.05, 3.63) is 80.8 Å². The lowest BCUT2D eigenvalue weighted by atomic mass is 9.63. The number of rotatable bonds is 2. The van der Waals surface area contributed by atoms with Crippen LogP contribution in [0.25, 0.3) is 0 Å². The van der Waals surface area contributed by atoms with Gasteiger partial charge in [-0.25, -0.2) is 4.79 Å². The van der Waals surface area contributed by atoms with Crippen LogP contribution in [0.1, 0.15) is 36.0 Å². The van der Waals surface area contributed by atoms with Gasteiger partial charge in [-0.15, -0.1) is 0 Å². The van der Waals surface area contributed by atoms with Gasteiger partial charge in [0.25, 0.3) is 0 Å². The first kappa shape index (κ1) is 22.2. The Bertz CT molecular complexity index is 1360. The maximum absolute atomic E-state index is 13.8. The summed E-state index contributed by atoms with van der Waals surface area (Å²) >= 11 is 6.33. The van der Waals surface area contributed by atoms with Crippen molar-refractivity contribution in [1.29, 1.82) is 0 Å². The number of halogens is 1. The molecule has 174 valence electrons. The van der Waals surface area contributed by atoms with Gasteiger partial charge in [-0.05, 0) is 56.5 Å². The van der Waals surface area contributed by atoms with Crippen LogP contribution in [0.2, 0.25) is 5.02 Å². The molecule has 3 N–H and O–H groups in total. The zero-order chi connectivity index (χ0) is 24.4. The molecular formula is C26H24ClN3O4. The van der Waals surface area contributed by atoms with Gasteiger partial charge < -0.3 is 15.8 Å². The maximum atomic E-state index is 13.8. The number of Topliss-reactive ketones (excluding diaryl/α,β-unsaturated/α-hetero) is 1. The highest BCUT2D eigenvalue weighted by Crippen LogP contribution is 2.56. The molecule has 0 saturated heterocycles. The van der Waals surface area contributed by atoms with E-state index < -0.39 is 17.3 Å². The van der Waals surface area contributed by atoms with Gasteiger partial charge in [0.15, 0.2) is 5.78 Å². The molecule has 3 aliphatic rings. The third-order valence-corrected chi connectivity index (χ3v) is 7.09. The SMILES string of the molecule is COC(=O)C1=C(N)N(c2ccc(C)cc2C)C2=C(C(=O)CCC2)C12C(=O)Nc1ccc(Cl)cc12. The third kappa shape index (κ3) is 2.86. The van der Waals surface area contributed by atoms with Crippen molar-refractivity contribution in [2.75, 3.05) is 17.3 Å². The second-order valence-corrected chi connectivity index (χ2v) is 9.31. The highest BCUT2D eigenvalue weighted by Gasteiger charge is 2.62. The minimum Gasteiger partial charge on any atom is -0.466 e. The van der Waals surface area contributed by atoms with Gasteiger partial charge in [0.05, 0.1) is 12.8 Å². The average molecular weight is 478 g/mol. The fourth-order valence-electron chi connectivity index (χ4n) is 5.51. The summed E-state index contributed by atoms with van der Waals surface area (Å²) in [5.41, 5.74) is 9.45. The monoisotopic (exact) mass is 477 g/mol. The van der Waals surface area contributed by atoms with E-state index in [2.05, 4.69) is 5.32 Å². The number of ketones is 1. The normalized spacial score (nSPS) is 21.6. The van der Waals surface area contributed by atoms with E-state index in [1.165, 1.54) is 7.11 Å². The summed E-state index contributed by atoms with van der Waals surface area (Å²) in [6, 6.07) is 10.8. The van der Waals surface area contributed by atoms with Gasteiger partial charge in [-0.2, -0.15) is 0 Å². The van der Waals surface area contributed by atoms with Crippen LogP contribution in [0.4, 0.5) is 11.4 Å². The molecule has 2 heterocycles. The smallest absolute Gasteiger partial charge is 0.339 e. The number of anilines is 2. The Morgan fingerprint density at radius 1 is 1.15 bits per heavy atom. The molecule has 1 atom stereocenters. The van der Waals surface area contributed by atoms with Gasteiger partial charge in [0.2, 0.25) is 5.91 Å². The number of allylic oxidation sites excluding steroid dienone is 1. The van der Waals surface area contributed by atoms with Crippen LogP contribution in [-0.4, -0.2) is 24.8 Å². The molecule has 0 saturated carbocycles. The second kappa shape index (κ2) is 7.74. The van der Waals surface area contributed by atoms with E-state index in [0.29, 0.717) is 34.8 Å².